The lowest BCUT2D eigenvalue weighted by atomic mass is 9.98. The van der Waals surface area contributed by atoms with E-state index in [1.54, 1.807) is 17.5 Å². The molecule has 19 heavy (non-hydrogen) atoms. The summed E-state index contributed by atoms with van der Waals surface area (Å²) in [4.78, 5) is 12.6. The van der Waals surface area contributed by atoms with Crippen molar-refractivity contribution in [2.45, 2.75) is 32.7 Å². The maximum absolute atomic E-state index is 8.92. The highest BCUT2D eigenvalue weighted by Crippen LogP contribution is 2.25. The zero-order valence-corrected chi connectivity index (χ0v) is 12.0. The van der Waals surface area contributed by atoms with E-state index in [0.717, 1.165) is 10.7 Å². The molecular weight excluding hydrogens is 258 g/mol. The first kappa shape index (κ1) is 13.4. The van der Waals surface area contributed by atoms with E-state index in [1.165, 1.54) is 6.20 Å². The quantitative estimate of drug-likeness (QED) is 0.930. The van der Waals surface area contributed by atoms with Gasteiger partial charge >= 0.3 is 0 Å². The molecule has 0 bridgehead atoms. The average Bonchev–Trinajstić information content (AvgIpc) is 2.85. The summed E-state index contributed by atoms with van der Waals surface area (Å²) >= 11 is 1.65. The molecule has 0 saturated heterocycles. The van der Waals surface area contributed by atoms with Crippen molar-refractivity contribution < 1.29 is 0 Å². The topological polar surface area (TPSA) is 74.5 Å². The molecule has 2 aromatic heterocycles. The molecule has 2 heterocycles. The van der Waals surface area contributed by atoms with Gasteiger partial charge in [-0.1, -0.05) is 20.8 Å². The molecule has 0 aliphatic carbocycles. The van der Waals surface area contributed by atoms with Crippen molar-refractivity contribution in [3.63, 3.8) is 0 Å². The van der Waals surface area contributed by atoms with Crippen LogP contribution in [0.2, 0.25) is 0 Å². The molecular formula is C13H15N5S. The van der Waals surface area contributed by atoms with Crippen molar-refractivity contribution in [1.29, 1.82) is 5.26 Å². The van der Waals surface area contributed by atoms with Gasteiger partial charge in [-0.05, 0) is 0 Å². The fraction of sp³-hybridized carbons (Fsp3) is 0.385. The number of hydrogen-bond donors (Lipinski definition) is 1. The van der Waals surface area contributed by atoms with Gasteiger partial charge < -0.3 is 5.32 Å². The van der Waals surface area contributed by atoms with Crippen LogP contribution in [0.5, 0.6) is 0 Å². The highest BCUT2D eigenvalue weighted by Gasteiger charge is 2.17. The highest BCUT2D eigenvalue weighted by atomic mass is 32.1. The Balaban J connectivity index is 2.07. The lowest BCUT2D eigenvalue weighted by Gasteiger charge is -2.13. The maximum Gasteiger partial charge on any atom is 0.182 e. The molecule has 0 unspecified atom stereocenters. The molecule has 0 radical (unpaired) electrons. The minimum absolute atomic E-state index is 0.0628. The zero-order valence-electron chi connectivity index (χ0n) is 11.1. The van der Waals surface area contributed by atoms with Crippen molar-refractivity contribution >= 4 is 17.2 Å². The van der Waals surface area contributed by atoms with Crippen molar-refractivity contribution in [1.82, 2.24) is 15.0 Å². The van der Waals surface area contributed by atoms with Crippen molar-refractivity contribution in [3.05, 3.63) is 34.2 Å². The molecule has 1 N–H and O–H groups in total. The van der Waals surface area contributed by atoms with E-state index in [-0.39, 0.29) is 5.41 Å². The van der Waals surface area contributed by atoms with E-state index in [4.69, 9.17) is 5.26 Å². The summed E-state index contributed by atoms with van der Waals surface area (Å²) in [7, 11) is 0. The minimum atomic E-state index is 0.0628. The maximum atomic E-state index is 8.92. The third-order valence-electron chi connectivity index (χ3n) is 2.43. The Morgan fingerprint density at radius 2 is 2.05 bits per heavy atom. The van der Waals surface area contributed by atoms with Crippen LogP contribution in [-0.4, -0.2) is 15.0 Å². The van der Waals surface area contributed by atoms with Gasteiger partial charge in [-0.15, -0.1) is 11.3 Å². The molecule has 98 valence electrons. The van der Waals surface area contributed by atoms with Crippen LogP contribution in [0.3, 0.4) is 0 Å². The number of nitrogens with one attached hydrogen (secondary N) is 1. The van der Waals surface area contributed by atoms with E-state index in [9.17, 15) is 0 Å². The molecule has 0 aromatic carbocycles. The number of nitriles is 1. The summed E-state index contributed by atoms with van der Waals surface area (Å²) in [5.41, 5.74) is 1.31. The van der Waals surface area contributed by atoms with Gasteiger partial charge in [-0.25, -0.2) is 15.0 Å². The fourth-order valence-corrected chi connectivity index (χ4v) is 2.36. The van der Waals surface area contributed by atoms with Gasteiger partial charge in [0.15, 0.2) is 11.5 Å². The van der Waals surface area contributed by atoms with Crippen LogP contribution in [-0.2, 0) is 12.0 Å². The SMILES string of the molecule is CC(C)(C)c1nc(CNc2nccnc2C#N)cs1. The Kier molecular flexibility index (Phi) is 3.76. The zero-order chi connectivity index (χ0) is 13.9. The predicted octanol–water partition coefficient (Wildman–Crippen LogP) is 2.71. The van der Waals surface area contributed by atoms with Gasteiger partial charge in [-0.3, -0.25) is 0 Å². The van der Waals surface area contributed by atoms with Gasteiger partial charge in [0.2, 0.25) is 0 Å². The summed E-state index contributed by atoms with van der Waals surface area (Å²) in [5.74, 6) is 0.496. The second kappa shape index (κ2) is 5.33. The van der Waals surface area contributed by atoms with Gasteiger partial charge in [0.05, 0.1) is 17.2 Å². The van der Waals surface area contributed by atoms with Crippen LogP contribution in [0, 0.1) is 11.3 Å². The number of hydrogen-bond acceptors (Lipinski definition) is 6. The Labute approximate surface area is 116 Å². The summed E-state index contributed by atoms with van der Waals surface area (Å²) < 4.78 is 0. The molecule has 0 fully saturated rings. The van der Waals surface area contributed by atoms with E-state index in [0.29, 0.717) is 18.1 Å². The molecule has 0 aliphatic heterocycles. The number of aromatic nitrogens is 3. The normalized spacial score (nSPS) is 11.1. The molecule has 2 rings (SSSR count). The second-order valence-electron chi connectivity index (χ2n) is 5.11. The number of anilines is 1. The van der Waals surface area contributed by atoms with E-state index < -0.39 is 0 Å². The summed E-state index contributed by atoms with van der Waals surface area (Å²) in [5, 5.41) is 15.1. The molecule has 2 aromatic rings. The van der Waals surface area contributed by atoms with Crippen molar-refractivity contribution in [3.8, 4) is 6.07 Å². The lowest BCUT2D eigenvalue weighted by Crippen LogP contribution is -2.11. The Morgan fingerprint density at radius 1 is 1.32 bits per heavy atom. The summed E-state index contributed by atoms with van der Waals surface area (Å²) in [6.07, 6.45) is 3.06. The number of thiazole rings is 1. The molecule has 5 nitrogen and oxygen atoms in total. The van der Waals surface area contributed by atoms with Crippen LogP contribution in [0.4, 0.5) is 5.82 Å². The lowest BCUT2D eigenvalue weighted by molar-refractivity contribution is 0.583. The van der Waals surface area contributed by atoms with Gasteiger partial charge in [0, 0.05) is 23.2 Å². The van der Waals surface area contributed by atoms with Crippen LogP contribution < -0.4 is 5.32 Å². The summed E-state index contributed by atoms with van der Waals surface area (Å²) in [6, 6.07) is 2.01. The fourth-order valence-electron chi connectivity index (χ4n) is 1.46. The number of nitrogens with zero attached hydrogens (tertiary/aromatic N) is 4. The third-order valence-corrected chi connectivity index (χ3v) is 3.75. The first-order valence-corrected chi connectivity index (χ1v) is 6.78. The molecule has 6 heteroatoms. The minimum Gasteiger partial charge on any atom is -0.362 e. The van der Waals surface area contributed by atoms with Gasteiger partial charge in [-0.2, -0.15) is 5.26 Å². The van der Waals surface area contributed by atoms with Crippen molar-refractivity contribution in [2.24, 2.45) is 0 Å². The van der Waals surface area contributed by atoms with E-state index in [2.05, 4.69) is 41.0 Å². The number of rotatable bonds is 3. The van der Waals surface area contributed by atoms with Crippen LogP contribution in [0.25, 0.3) is 0 Å². The van der Waals surface area contributed by atoms with Crippen molar-refractivity contribution in [2.75, 3.05) is 5.32 Å². The molecule has 0 amide bonds. The van der Waals surface area contributed by atoms with Crippen LogP contribution in [0.15, 0.2) is 17.8 Å². The Morgan fingerprint density at radius 3 is 2.68 bits per heavy atom. The smallest absolute Gasteiger partial charge is 0.182 e. The summed E-state index contributed by atoms with van der Waals surface area (Å²) in [6.45, 7) is 6.96. The Bertz CT molecular complexity index is 606. The first-order chi connectivity index (χ1) is 9.00. The first-order valence-electron chi connectivity index (χ1n) is 5.90. The third kappa shape index (κ3) is 3.26. The van der Waals surface area contributed by atoms with Gasteiger partial charge in [0.25, 0.3) is 0 Å². The molecule has 0 spiro atoms. The molecule has 0 aliphatic rings. The highest BCUT2D eigenvalue weighted by molar-refractivity contribution is 7.09. The monoisotopic (exact) mass is 273 g/mol. The predicted molar refractivity (Wildman–Crippen MR) is 74.9 cm³/mol. The van der Waals surface area contributed by atoms with Crippen LogP contribution in [0.1, 0.15) is 37.2 Å². The van der Waals surface area contributed by atoms with E-state index in [1.807, 2.05) is 11.4 Å². The molecule has 0 saturated carbocycles. The van der Waals surface area contributed by atoms with E-state index >= 15 is 0 Å². The van der Waals surface area contributed by atoms with Crippen LogP contribution >= 0.6 is 11.3 Å². The standard InChI is InChI=1S/C13H15N5S/c1-13(2,3)12-18-9(8-19-12)7-17-11-10(6-14)15-4-5-16-11/h4-5,8H,7H2,1-3H3,(H,16,17). The molecule has 0 atom stereocenters. The largest absolute Gasteiger partial charge is 0.362 e. The second-order valence-corrected chi connectivity index (χ2v) is 5.97. The average molecular weight is 273 g/mol. The Hall–Kier alpha value is -2.00. The van der Waals surface area contributed by atoms with Gasteiger partial charge in [0.1, 0.15) is 6.07 Å².